The first-order valence-electron chi connectivity index (χ1n) is 4.90. The minimum absolute atomic E-state index is 0. The number of rotatable bonds is 0. The van der Waals surface area contributed by atoms with Crippen molar-refractivity contribution in [1.82, 2.24) is 0 Å². The van der Waals surface area contributed by atoms with Gasteiger partial charge in [0.25, 0.3) is 0 Å². The number of carbonyl (C=O) groups excluding carboxylic acids is 4. The molecule has 29 heavy (non-hydrogen) atoms. The Morgan fingerprint density at radius 2 is 0.414 bits per heavy atom. The quantitative estimate of drug-likeness (QED) is 0.255. The van der Waals surface area contributed by atoms with E-state index in [2.05, 4.69) is 0 Å². The maximum absolute atomic E-state index is 10.5. The van der Waals surface area contributed by atoms with Gasteiger partial charge in [0.05, 0.1) is 0 Å². The van der Waals surface area contributed by atoms with E-state index in [0.717, 1.165) is 0 Å². The zero-order valence-corrected chi connectivity index (χ0v) is 14.4. The monoisotopic (exact) mass is 647 g/mol. The number of halogens is 12. The molecular formula is C8F12O8Pt. The SMILES string of the molecule is O=C([O-])C(F)(F)F.O=C([O-])C(F)(F)F.O=C([O-])C(F)(F)F.O=C([O-])C(F)(F)F.[Pt+4]. The van der Waals surface area contributed by atoms with Gasteiger partial charge in [0.2, 0.25) is 0 Å². The van der Waals surface area contributed by atoms with E-state index in [-0.39, 0.29) is 21.1 Å². The molecule has 0 aromatic rings. The van der Waals surface area contributed by atoms with Crippen LogP contribution in [0.3, 0.4) is 0 Å². The molecule has 0 aliphatic carbocycles. The summed E-state index contributed by atoms with van der Waals surface area (Å²) in [6.45, 7) is 0. The van der Waals surface area contributed by atoms with Crippen molar-refractivity contribution < 1.29 is 113 Å². The fourth-order valence-corrected chi connectivity index (χ4v) is 0. The van der Waals surface area contributed by atoms with Gasteiger partial charge < -0.3 is 39.6 Å². The summed E-state index contributed by atoms with van der Waals surface area (Å²) in [5.74, 6) is -12.0. The van der Waals surface area contributed by atoms with Crippen LogP contribution in [0.15, 0.2) is 0 Å². The van der Waals surface area contributed by atoms with Crippen molar-refractivity contribution in [2.45, 2.75) is 24.7 Å². The molecule has 0 spiro atoms. The van der Waals surface area contributed by atoms with E-state index in [4.69, 9.17) is 39.6 Å². The molecule has 174 valence electrons. The zero-order chi connectivity index (χ0) is 24.3. The van der Waals surface area contributed by atoms with Crippen LogP contribution < -0.4 is 20.4 Å². The van der Waals surface area contributed by atoms with Crippen molar-refractivity contribution in [1.29, 1.82) is 0 Å². The average Bonchev–Trinajstić information content (AvgIpc) is 2.35. The summed E-state index contributed by atoms with van der Waals surface area (Å²) in [4.78, 5) is 35.1. The second-order valence-corrected chi connectivity index (χ2v) is 3.14. The Labute approximate surface area is 163 Å². The second kappa shape index (κ2) is 13.8. The fraction of sp³-hybridized carbons (Fsp3) is 0.500. The maximum atomic E-state index is 10.5. The first-order valence-corrected chi connectivity index (χ1v) is 4.90. The molecule has 0 aliphatic heterocycles. The number of hydrogen-bond donors (Lipinski definition) is 0. The molecule has 0 fully saturated rings. The van der Waals surface area contributed by atoms with Crippen LogP contribution in [-0.2, 0) is 40.2 Å². The molecule has 8 nitrogen and oxygen atoms in total. The van der Waals surface area contributed by atoms with Gasteiger partial charge in [-0.05, 0) is 0 Å². The van der Waals surface area contributed by atoms with Gasteiger partial charge in [-0.15, -0.1) is 0 Å². The summed E-state index contributed by atoms with van der Waals surface area (Å²) in [6.07, 6.45) is -20.8. The van der Waals surface area contributed by atoms with Crippen molar-refractivity contribution >= 4 is 23.9 Å². The molecule has 0 aliphatic rings. The molecule has 0 amide bonds. The summed E-state index contributed by atoms with van der Waals surface area (Å²) in [7, 11) is 0. The summed E-state index contributed by atoms with van der Waals surface area (Å²) in [5.41, 5.74) is 0. The Hall–Kier alpha value is -2.27. The summed E-state index contributed by atoms with van der Waals surface area (Å²) in [6, 6.07) is 0. The normalized spacial score (nSPS) is 10.9. The summed E-state index contributed by atoms with van der Waals surface area (Å²) in [5, 5.41) is 35.1. The molecule has 0 bridgehead atoms. The standard InChI is InChI=1S/4C2HF3O2.Pt/c4*3-2(4,5)1(6)7;/h4*(H,6,7);/q;;;;+4/p-4. The molecule has 0 heterocycles. The van der Waals surface area contributed by atoms with Gasteiger partial charge in [0, 0.05) is 0 Å². The van der Waals surface area contributed by atoms with Gasteiger partial charge in [0.15, 0.2) is 0 Å². The van der Waals surface area contributed by atoms with Crippen LogP contribution in [0.1, 0.15) is 0 Å². The van der Waals surface area contributed by atoms with Crippen LogP contribution in [0, 0.1) is 0 Å². The van der Waals surface area contributed by atoms with Crippen molar-refractivity contribution in [2.24, 2.45) is 0 Å². The zero-order valence-electron chi connectivity index (χ0n) is 12.1. The molecule has 0 radical (unpaired) electrons. The van der Waals surface area contributed by atoms with Crippen LogP contribution in [0.25, 0.3) is 0 Å². The Morgan fingerprint density at radius 3 is 0.414 bits per heavy atom. The molecule has 0 N–H and O–H groups in total. The van der Waals surface area contributed by atoms with Gasteiger partial charge in [-0.1, -0.05) is 0 Å². The first-order chi connectivity index (χ1) is 11.8. The fourth-order valence-electron chi connectivity index (χ4n) is 0. The minimum atomic E-state index is -5.19. The van der Waals surface area contributed by atoms with Gasteiger partial charge in [-0.2, -0.15) is 52.7 Å². The number of hydrogen-bond acceptors (Lipinski definition) is 8. The predicted molar refractivity (Wildman–Crippen MR) is 44.2 cm³/mol. The van der Waals surface area contributed by atoms with Gasteiger partial charge in [-0.3, -0.25) is 0 Å². The van der Waals surface area contributed by atoms with E-state index in [1.54, 1.807) is 0 Å². The Bertz CT molecular complexity index is 436. The summed E-state index contributed by atoms with van der Waals surface area (Å²) >= 11 is 0. The van der Waals surface area contributed by atoms with Crippen molar-refractivity contribution in [2.75, 3.05) is 0 Å². The summed E-state index contributed by atoms with van der Waals surface area (Å²) < 4.78 is 126. The third kappa shape index (κ3) is 30.7. The molecule has 0 saturated carbocycles. The van der Waals surface area contributed by atoms with Crippen molar-refractivity contribution in [3.05, 3.63) is 0 Å². The van der Waals surface area contributed by atoms with Crippen molar-refractivity contribution in [3.8, 4) is 0 Å². The molecule has 0 saturated heterocycles. The van der Waals surface area contributed by atoms with Gasteiger partial charge >= 0.3 is 45.8 Å². The smallest absolute Gasteiger partial charge is 0.542 e. The van der Waals surface area contributed by atoms with Gasteiger partial charge in [0.1, 0.15) is 23.9 Å². The maximum Gasteiger partial charge on any atom is 4.00 e. The molecule has 21 heteroatoms. The molecular weight excluding hydrogens is 647 g/mol. The van der Waals surface area contributed by atoms with E-state index in [0.29, 0.717) is 0 Å². The van der Waals surface area contributed by atoms with E-state index in [1.165, 1.54) is 0 Å². The topological polar surface area (TPSA) is 161 Å². The van der Waals surface area contributed by atoms with Crippen LogP contribution in [0.5, 0.6) is 0 Å². The number of aliphatic carboxylic acids is 4. The van der Waals surface area contributed by atoms with Crippen LogP contribution in [0.2, 0.25) is 0 Å². The van der Waals surface area contributed by atoms with E-state index in [1.807, 2.05) is 0 Å². The molecule has 0 aromatic carbocycles. The number of carbonyl (C=O) groups is 4. The number of alkyl halides is 12. The molecule has 0 atom stereocenters. The van der Waals surface area contributed by atoms with Crippen LogP contribution in [0.4, 0.5) is 52.7 Å². The minimum Gasteiger partial charge on any atom is -0.542 e. The second-order valence-electron chi connectivity index (χ2n) is 3.14. The molecule has 0 rings (SSSR count). The average molecular weight is 647 g/mol. The van der Waals surface area contributed by atoms with Crippen molar-refractivity contribution in [3.63, 3.8) is 0 Å². The first kappa shape index (κ1) is 37.5. The van der Waals surface area contributed by atoms with E-state index >= 15 is 0 Å². The number of carboxylic acid groups (broad SMARTS) is 4. The molecule has 0 aromatic heterocycles. The predicted octanol–water partition coefficient (Wildman–Crippen LogP) is -2.81. The van der Waals surface area contributed by atoms with E-state index in [9.17, 15) is 52.7 Å². The van der Waals surface area contributed by atoms with Crippen LogP contribution >= 0.6 is 0 Å². The number of carboxylic acids is 4. The Kier molecular flexibility index (Phi) is 17.9. The van der Waals surface area contributed by atoms with Gasteiger partial charge in [-0.25, -0.2) is 0 Å². The molecule has 0 unspecified atom stereocenters. The third-order valence-electron chi connectivity index (χ3n) is 0.926. The van der Waals surface area contributed by atoms with Crippen LogP contribution in [-0.4, -0.2) is 48.6 Å². The Balaban J connectivity index is -0.0000000873. The Morgan fingerprint density at radius 1 is 0.379 bits per heavy atom. The largest absolute Gasteiger partial charge is 4.00 e. The third-order valence-corrected chi connectivity index (χ3v) is 0.926. The van der Waals surface area contributed by atoms with E-state index < -0.39 is 48.6 Å².